The minimum absolute atomic E-state index is 0.276. The number of ether oxygens (including phenoxy) is 6. The molecule has 1 heterocycles. The molecule has 4 aromatic carbocycles. The third kappa shape index (κ3) is 5.23. The maximum absolute atomic E-state index is 12.2. The fourth-order valence-corrected chi connectivity index (χ4v) is 5.56. The first kappa shape index (κ1) is 30.2. The summed E-state index contributed by atoms with van der Waals surface area (Å²) in [5, 5.41) is 3.96. The van der Waals surface area contributed by atoms with Gasteiger partial charge in [0.05, 0.1) is 50.7 Å². The van der Waals surface area contributed by atoms with Gasteiger partial charge in [0.15, 0.2) is 11.9 Å². The van der Waals surface area contributed by atoms with E-state index >= 15 is 0 Å². The van der Waals surface area contributed by atoms with Crippen LogP contribution in [0, 0.1) is 0 Å². The van der Waals surface area contributed by atoms with Crippen LogP contribution in [0.2, 0.25) is 10.0 Å². The quantitative estimate of drug-likeness (QED) is 0.119. The topological polar surface area (TPSA) is 92.8 Å². The Balaban J connectivity index is 0.000000201. The third-order valence-corrected chi connectivity index (χ3v) is 7.63. The standard InChI is InChI=1S/C18H19ClO5.C13H11ClO3/c1-5-23-17(20)18(2)16(24-18)12-13(19)15(22-4)11-9-7-6-8-10(11)14(12)21-3;1-16-12-8-5-3-4-6-9(8)13(17-2)11(14)10(12)7-15/h6-9,16H,5H2,1-4H3;3-7H,1-2H3. The summed E-state index contributed by atoms with van der Waals surface area (Å²) in [6, 6.07) is 15.1. The maximum atomic E-state index is 12.2. The van der Waals surface area contributed by atoms with Crippen LogP contribution >= 0.6 is 23.2 Å². The van der Waals surface area contributed by atoms with Crippen molar-refractivity contribution in [2.45, 2.75) is 25.6 Å². The Hall–Kier alpha value is -3.72. The van der Waals surface area contributed by atoms with Gasteiger partial charge in [0, 0.05) is 27.1 Å². The zero-order valence-electron chi connectivity index (χ0n) is 23.5. The van der Waals surface area contributed by atoms with Crippen LogP contribution in [0.5, 0.6) is 23.0 Å². The van der Waals surface area contributed by atoms with Crippen molar-refractivity contribution in [3.05, 3.63) is 69.7 Å². The summed E-state index contributed by atoms with van der Waals surface area (Å²) in [4.78, 5) is 23.3. The second kappa shape index (κ2) is 12.4. The molecule has 1 aliphatic rings. The van der Waals surface area contributed by atoms with E-state index in [-0.39, 0.29) is 11.6 Å². The lowest BCUT2D eigenvalue weighted by atomic mass is 9.96. The highest BCUT2D eigenvalue weighted by molar-refractivity contribution is 6.36. The summed E-state index contributed by atoms with van der Waals surface area (Å²) in [7, 11) is 6.16. The highest BCUT2D eigenvalue weighted by Gasteiger charge is 2.62. The SMILES string of the molecule is CCOC(=O)C1(C)OC1c1c(Cl)c(OC)c2ccccc2c1OC.COc1c(Cl)c(C=O)c(OC)c2ccccc12. The van der Waals surface area contributed by atoms with Crippen molar-refractivity contribution < 1.29 is 38.0 Å². The lowest BCUT2D eigenvalue weighted by Gasteiger charge is -2.17. The van der Waals surface area contributed by atoms with Crippen molar-refractivity contribution in [3.8, 4) is 23.0 Å². The van der Waals surface area contributed by atoms with Gasteiger partial charge in [-0.05, 0) is 13.8 Å². The predicted molar refractivity (Wildman–Crippen MR) is 158 cm³/mol. The molecule has 5 rings (SSSR count). The molecule has 4 aromatic rings. The van der Waals surface area contributed by atoms with E-state index in [1.807, 2.05) is 48.5 Å². The van der Waals surface area contributed by atoms with Crippen LogP contribution in [0.15, 0.2) is 48.5 Å². The molecule has 0 radical (unpaired) electrons. The number of aldehydes is 1. The number of esters is 1. The van der Waals surface area contributed by atoms with Gasteiger partial charge in [0.1, 0.15) is 29.1 Å². The molecule has 0 spiro atoms. The predicted octanol–water partition coefficient (Wildman–Crippen LogP) is 7.23. The summed E-state index contributed by atoms with van der Waals surface area (Å²) >= 11 is 12.7. The Morgan fingerprint density at radius 1 is 0.805 bits per heavy atom. The zero-order valence-corrected chi connectivity index (χ0v) is 25.0. The molecule has 0 amide bonds. The molecule has 0 aliphatic carbocycles. The fraction of sp³-hybridized carbons (Fsp3) is 0.290. The number of methoxy groups -OCH3 is 4. The molecule has 2 atom stereocenters. The van der Waals surface area contributed by atoms with E-state index in [9.17, 15) is 9.59 Å². The van der Waals surface area contributed by atoms with Gasteiger partial charge in [0.2, 0.25) is 0 Å². The van der Waals surface area contributed by atoms with Crippen LogP contribution in [0.4, 0.5) is 0 Å². The van der Waals surface area contributed by atoms with Crippen LogP contribution in [-0.2, 0) is 14.3 Å². The monoisotopic (exact) mass is 600 g/mol. The molecule has 2 unspecified atom stereocenters. The van der Waals surface area contributed by atoms with E-state index in [0.717, 1.165) is 21.5 Å². The molecule has 1 aliphatic heterocycles. The minimum atomic E-state index is -1.07. The first-order valence-electron chi connectivity index (χ1n) is 12.7. The summed E-state index contributed by atoms with van der Waals surface area (Å²) < 4.78 is 32.4. The van der Waals surface area contributed by atoms with Gasteiger partial charge in [-0.3, -0.25) is 4.79 Å². The second-order valence-corrected chi connectivity index (χ2v) is 9.88. The van der Waals surface area contributed by atoms with E-state index in [2.05, 4.69) is 0 Å². The van der Waals surface area contributed by atoms with Crippen molar-refractivity contribution in [2.75, 3.05) is 35.0 Å². The molecular formula is C31H30Cl2O8. The Labute approximate surface area is 247 Å². The van der Waals surface area contributed by atoms with E-state index < -0.39 is 17.7 Å². The summed E-state index contributed by atoms with van der Waals surface area (Å²) in [5.41, 5.74) is -0.157. The average molecular weight is 601 g/mol. The lowest BCUT2D eigenvalue weighted by molar-refractivity contribution is -0.148. The summed E-state index contributed by atoms with van der Waals surface area (Å²) in [6.07, 6.45) is 0.133. The molecule has 0 N–H and O–H groups in total. The van der Waals surface area contributed by atoms with E-state index in [1.165, 1.54) is 14.2 Å². The van der Waals surface area contributed by atoms with E-state index in [0.29, 0.717) is 45.4 Å². The maximum Gasteiger partial charge on any atom is 0.341 e. The van der Waals surface area contributed by atoms with Crippen molar-refractivity contribution in [1.82, 2.24) is 0 Å². The first-order chi connectivity index (χ1) is 19.7. The molecule has 0 aromatic heterocycles. The van der Waals surface area contributed by atoms with Gasteiger partial charge >= 0.3 is 5.97 Å². The molecule has 0 saturated carbocycles. The third-order valence-electron chi connectivity index (χ3n) is 6.88. The van der Waals surface area contributed by atoms with E-state index in [1.54, 1.807) is 28.1 Å². The Morgan fingerprint density at radius 2 is 1.24 bits per heavy atom. The first-order valence-corrected chi connectivity index (χ1v) is 13.4. The normalized spacial score (nSPS) is 17.3. The van der Waals surface area contributed by atoms with Crippen molar-refractivity contribution in [2.24, 2.45) is 0 Å². The number of carbonyl (C=O) groups is 2. The number of epoxide rings is 1. The van der Waals surface area contributed by atoms with Crippen LogP contribution in [0.1, 0.15) is 35.9 Å². The number of rotatable bonds is 8. The molecule has 1 saturated heterocycles. The molecule has 8 nitrogen and oxygen atoms in total. The fourth-order valence-electron chi connectivity index (χ4n) is 4.88. The van der Waals surface area contributed by atoms with Crippen LogP contribution < -0.4 is 18.9 Å². The number of hydrogen-bond acceptors (Lipinski definition) is 8. The summed E-state index contributed by atoms with van der Waals surface area (Å²) in [5.74, 6) is 1.66. The average Bonchev–Trinajstić information content (AvgIpc) is 3.68. The van der Waals surface area contributed by atoms with Crippen molar-refractivity contribution >= 4 is 57.0 Å². The summed E-state index contributed by atoms with van der Waals surface area (Å²) in [6.45, 7) is 3.73. The van der Waals surface area contributed by atoms with Crippen LogP contribution in [-0.4, -0.2) is 52.9 Å². The van der Waals surface area contributed by atoms with Gasteiger partial charge in [0.25, 0.3) is 0 Å². The van der Waals surface area contributed by atoms with Gasteiger partial charge in [-0.1, -0.05) is 71.7 Å². The molecule has 216 valence electrons. The second-order valence-electron chi connectivity index (χ2n) is 9.12. The molecule has 10 heteroatoms. The highest BCUT2D eigenvalue weighted by Crippen LogP contribution is 2.58. The lowest BCUT2D eigenvalue weighted by Crippen LogP contribution is -2.24. The van der Waals surface area contributed by atoms with Crippen LogP contribution in [0.25, 0.3) is 21.5 Å². The van der Waals surface area contributed by atoms with Crippen molar-refractivity contribution in [3.63, 3.8) is 0 Å². The molecule has 1 fully saturated rings. The van der Waals surface area contributed by atoms with Gasteiger partial charge in [-0.25, -0.2) is 4.79 Å². The number of hydrogen-bond donors (Lipinski definition) is 0. The van der Waals surface area contributed by atoms with Gasteiger partial charge in [-0.15, -0.1) is 0 Å². The van der Waals surface area contributed by atoms with Gasteiger partial charge in [-0.2, -0.15) is 0 Å². The minimum Gasteiger partial charge on any atom is -0.496 e. The van der Waals surface area contributed by atoms with Crippen molar-refractivity contribution in [1.29, 1.82) is 0 Å². The Bertz CT molecular complexity index is 1620. The molecule has 41 heavy (non-hydrogen) atoms. The smallest absolute Gasteiger partial charge is 0.341 e. The molecular weight excluding hydrogens is 571 g/mol. The largest absolute Gasteiger partial charge is 0.496 e. The molecule has 0 bridgehead atoms. The highest BCUT2D eigenvalue weighted by atomic mass is 35.5. The van der Waals surface area contributed by atoms with Crippen LogP contribution in [0.3, 0.4) is 0 Å². The van der Waals surface area contributed by atoms with E-state index in [4.69, 9.17) is 51.6 Å². The zero-order chi connectivity index (χ0) is 29.9. The van der Waals surface area contributed by atoms with Gasteiger partial charge < -0.3 is 28.4 Å². The number of fused-ring (bicyclic) bond motifs is 2. The number of benzene rings is 4. The number of halogens is 2. The number of carbonyl (C=O) groups excluding carboxylic acids is 2. The Morgan fingerprint density at radius 3 is 1.68 bits per heavy atom. The Kier molecular flexibility index (Phi) is 9.17.